The van der Waals surface area contributed by atoms with Gasteiger partial charge in [0.1, 0.15) is 24.4 Å². The molecule has 0 unspecified atom stereocenters. The van der Waals surface area contributed by atoms with Gasteiger partial charge in [-0.25, -0.2) is 0 Å². The molecule has 2 saturated heterocycles. The minimum atomic E-state index is -2.22. The van der Waals surface area contributed by atoms with Gasteiger partial charge in [0.05, 0.1) is 13.2 Å². The average molecular weight is 503 g/mol. The van der Waals surface area contributed by atoms with Gasteiger partial charge < -0.3 is 29.4 Å². The molecule has 4 rings (SSSR count). The zero-order chi connectivity index (χ0) is 22.7. The summed E-state index contributed by atoms with van der Waals surface area (Å²) in [5, 5.41) is 13.7. The molecule has 0 spiro atoms. The number of halogens is 3. The zero-order valence-electron chi connectivity index (χ0n) is 16.8. The molecule has 2 aromatic rings. The summed E-state index contributed by atoms with van der Waals surface area (Å²) < 4.78 is 21.5. The van der Waals surface area contributed by atoms with Gasteiger partial charge in [-0.15, -0.1) is 0 Å². The predicted octanol–water partition coefficient (Wildman–Crippen LogP) is 3.26. The second kappa shape index (κ2) is 10.2. The van der Waals surface area contributed by atoms with Gasteiger partial charge in [-0.1, -0.05) is 95.5 Å². The van der Waals surface area contributed by atoms with Crippen LogP contribution in [0.5, 0.6) is 0 Å². The van der Waals surface area contributed by atoms with Gasteiger partial charge in [0.25, 0.3) is 9.70 Å². The molecular weight excluding hydrogens is 481 g/mol. The van der Waals surface area contributed by atoms with Gasteiger partial charge in [-0.2, -0.15) is 0 Å². The van der Waals surface area contributed by atoms with Gasteiger partial charge >= 0.3 is 0 Å². The normalized spacial score (nSPS) is 30.4. The van der Waals surface area contributed by atoms with Crippen molar-refractivity contribution in [2.24, 2.45) is 0 Å². The predicted molar refractivity (Wildman–Crippen MR) is 118 cm³/mol. The molecule has 10 heteroatoms. The van der Waals surface area contributed by atoms with Crippen LogP contribution in [-0.4, -0.2) is 52.1 Å². The fourth-order valence-corrected chi connectivity index (χ4v) is 3.82. The minimum Gasteiger partial charge on any atom is -0.388 e. The maximum Gasteiger partial charge on any atom is 0.272 e. The molecule has 6 atom stereocenters. The number of nitrogens with one attached hydrogen (secondary N) is 1. The van der Waals surface area contributed by atoms with Crippen LogP contribution in [0.25, 0.3) is 0 Å². The van der Waals surface area contributed by atoms with E-state index in [9.17, 15) is 9.90 Å². The van der Waals surface area contributed by atoms with E-state index >= 15 is 0 Å². The van der Waals surface area contributed by atoms with Crippen LogP contribution < -0.4 is 5.32 Å². The second-order valence-corrected chi connectivity index (χ2v) is 9.78. The number of aliphatic hydroxyl groups is 1. The standard InChI is InChI=1S/C22H22Cl3NO6/c23-22(24,25)21(28)26-16-17(27)18-15(12-30-19(32-18)14-9-5-2-6-10-14)31-20(16)29-11-13-7-3-1-4-8-13/h1-10,15-20,27H,11-12H2,(H,26,28)/t15-,16-,17-,18-,19-,20-/m1/s1. The van der Waals surface area contributed by atoms with Crippen LogP contribution in [0.4, 0.5) is 0 Å². The maximum atomic E-state index is 12.3. The number of ether oxygens (including phenoxy) is 4. The minimum absolute atomic E-state index is 0.164. The Kier molecular flexibility index (Phi) is 7.59. The van der Waals surface area contributed by atoms with Crippen LogP contribution in [-0.2, 0) is 30.3 Å². The molecule has 0 bridgehead atoms. The number of carbonyl (C=O) groups excluding carboxylic acids is 1. The first-order chi connectivity index (χ1) is 15.3. The molecule has 32 heavy (non-hydrogen) atoms. The molecule has 1 amide bonds. The molecular formula is C22H22Cl3NO6. The molecule has 2 aliphatic heterocycles. The summed E-state index contributed by atoms with van der Waals surface area (Å²) in [6, 6.07) is 17.7. The Labute approximate surface area is 200 Å². The van der Waals surface area contributed by atoms with Crippen molar-refractivity contribution < 1.29 is 28.8 Å². The Morgan fingerprint density at radius 3 is 2.38 bits per heavy atom. The van der Waals surface area contributed by atoms with Crippen LogP contribution in [0.1, 0.15) is 17.4 Å². The lowest BCUT2D eigenvalue weighted by molar-refractivity contribution is -0.345. The summed E-state index contributed by atoms with van der Waals surface area (Å²) in [6.45, 7) is 0.349. The Hall–Kier alpha value is -1.42. The summed E-state index contributed by atoms with van der Waals surface area (Å²) in [7, 11) is 0. The van der Waals surface area contributed by atoms with Crippen LogP contribution >= 0.6 is 34.8 Å². The molecule has 0 saturated carbocycles. The summed E-state index contributed by atoms with van der Waals surface area (Å²) in [5.74, 6) is -0.909. The van der Waals surface area contributed by atoms with Gasteiger partial charge in [-0.3, -0.25) is 4.79 Å². The van der Waals surface area contributed by atoms with Crippen molar-refractivity contribution in [3.63, 3.8) is 0 Å². The number of benzene rings is 2. The van der Waals surface area contributed by atoms with Crippen molar-refractivity contribution in [2.45, 2.75) is 47.3 Å². The largest absolute Gasteiger partial charge is 0.388 e. The van der Waals surface area contributed by atoms with E-state index in [4.69, 9.17) is 53.8 Å². The van der Waals surface area contributed by atoms with Gasteiger partial charge in [0, 0.05) is 5.56 Å². The van der Waals surface area contributed by atoms with Crippen molar-refractivity contribution in [1.82, 2.24) is 5.32 Å². The third kappa shape index (κ3) is 5.55. The number of rotatable bonds is 5. The molecule has 2 heterocycles. The lowest BCUT2D eigenvalue weighted by atomic mass is 9.95. The Morgan fingerprint density at radius 2 is 1.72 bits per heavy atom. The molecule has 0 radical (unpaired) electrons. The van der Waals surface area contributed by atoms with Gasteiger partial charge in [0.15, 0.2) is 12.6 Å². The van der Waals surface area contributed by atoms with Crippen molar-refractivity contribution in [3.8, 4) is 0 Å². The lowest BCUT2D eigenvalue weighted by Crippen LogP contribution is -2.67. The average Bonchev–Trinajstić information content (AvgIpc) is 2.80. The summed E-state index contributed by atoms with van der Waals surface area (Å²) in [5.41, 5.74) is 1.68. The van der Waals surface area contributed by atoms with Crippen molar-refractivity contribution in [1.29, 1.82) is 0 Å². The highest BCUT2D eigenvalue weighted by Gasteiger charge is 2.51. The molecule has 2 aromatic carbocycles. The fraction of sp³-hybridized carbons (Fsp3) is 0.409. The zero-order valence-corrected chi connectivity index (χ0v) is 19.0. The van der Waals surface area contributed by atoms with Crippen LogP contribution in [0.15, 0.2) is 60.7 Å². The fourth-order valence-electron chi connectivity index (χ4n) is 3.65. The van der Waals surface area contributed by atoms with Crippen LogP contribution in [0, 0.1) is 0 Å². The maximum absolute atomic E-state index is 12.3. The highest BCUT2D eigenvalue weighted by atomic mass is 35.6. The van der Waals surface area contributed by atoms with E-state index in [0.717, 1.165) is 11.1 Å². The number of hydrogen-bond acceptors (Lipinski definition) is 6. The van der Waals surface area contributed by atoms with E-state index in [1.807, 2.05) is 60.7 Å². The first kappa shape index (κ1) is 23.7. The van der Waals surface area contributed by atoms with E-state index in [1.54, 1.807) is 0 Å². The Morgan fingerprint density at radius 1 is 1.06 bits per heavy atom. The molecule has 0 aliphatic carbocycles. The van der Waals surface area contributed by atoms with Gasteiger partial charge in [0.2, 0.25) is 0 Å². The van der Waals surface area contributed by atoms with Crippen molar-refractivity contribution in [3.05, 3.63) is 71.8 Å². The second-order valence-electron chi connectivity index (χ2n) is 7.50. The van der Waals surface area contributed by atoms with E-state index in [2.05, 4.69) is 5.32 Å². The van der Waals surface area contributed by atoms with Crippen LogP contribution in [0.2, 0.25) is 0 Å². The number of amides is 1. The molecule has 2 N–H and O–H groups in total. The quantitative estimate of drug-likeness (QED) is 0.611. The van der Waals surface area contributed by atoms with Crippen LogP contribution in [0.3, 0.4) is 0 Å². The molecule has 0 aromatic heterocycles. The number of aliphatic hydroxyl groups excluding tert-OH is 1. The van der Waals surface area contributed by atoms with E-state index in [1.165, 1.54) is 0 Å². The van der Waals surface area contributed by atoms with E-state index in [0.29, 0.717) is 0 Å². The molecule has 2 aliphatic rings. The smallest absolute Gasteiger partial charge is 0.272 e. The summed E-state index contributed by atoms with van der Waals surface area (Å²) >= 11 is 17.1. The molecule has 7 nitrogen and oxygen atoms in total. The van der Waals surface area contributed by atoms with Gasteiger partial charge in [-0.05, 0) is 5.56 Å². The third-order valence-corrected chi connectivity index (χ3v) is 5.76. The SMILES string of the molecule is O=C(N[C@H]1[C@H](OCc2ccccc2)O[C@@H]2CO[C@@H](c3ccccc3)O[C@H]2[C@@H]1O)C(Cl)(Cl)Cl. The number of alkyl halides is 3. The van der Waals surface area contributed by atoms with Crippen molar-refractivity contribution in [2.75, 3.05) is 6.61 Å². The molecule has 2 fully saturated rings. The summed E-state index contributed by atoms with van der Waals surface area (Å²) in [4.78, 5) is 12.3. The lowest BCUT2D eigenvalue weighted by Gasteiger charge is -2.48. The number of fused-ring (bicyclic) bond motifs is 1. The topological polar surface area (TPSA) is 86.3 Å². The third-order valence-electron chi connectivity index (χ3n) is 5.25. The number of carbonyl (C=O) groups is 1. The van der Waals surface area contributed by atoms with Crippen molar-refractivity contribution >= 4 is 40.7 Å². The Bertz CT molecular complexity index is 898. The highest BCUT2D eigenvalue weighted by Crippen LogP contribution is 2.35. The Balaban J connectivity index is 1.51. The first-order valence-electron chi connectivity index (χ1n) is 10.0. The first-order valence-corrected chi connectivity index (χ1v) is 11.1. The molecule has 172 valence electrons. The summed E-state index contributed by atoms with van der Waals surface area (Å²) in [6.07, 6.45) is -4.34. The monoisotopic (exact) mass is 501 g/mol. The van der Waals surface area contributed by atoms with E-state index in [-0.39, 0.29) is 13.2 Å². The van der Waals surface area contributed by atoms with E-state index < -0.39 is 46.6 Å². The number of hydrogen-bond donors (Lipinski definition) is 2. The highest BCUT2D eigenvalue weighted by molar-refractivity contribution is 6.76.